The van der Waals surface area contributed by atoms with Crippen molar-refractivity contribution in [3.63, 3.8) is 0 Å². The van der Waals surface area contributed by atoms with Gasteiger partial charge in [0.15, 0.2) is 11.5 Å². The first kappa shape index (κ1) is 25.0. The van der Waals surface area contributed by atoms with Crippen molar-refractivity contribution in [1.29, 1.82) is 0 Å². The number of phenolic OH excluding ortho intramolecular Hbond substituents is 4. The van der Waals surface area contributed by atoms with Crippen molar-refractivity contribution >= 4 is 11.9 Å². The van der Waals surface area contributed by atoms with Gasteiger partial charge in [0.25, 0.3) is 0 Å². The van der Waals surface area contributed by atoms with Gasteiger partial charge in [0.1, 0.15) is 41.7 Å². The molecule has 184 valence electrons. The zero-order chi connectivity index (χ0) is 25.2. The third-order valence-electron chi connectivity index (χ3n) is 5.00. The average molecular weight is 482 g/mol. The highest BCUT2D eigenvalue weighted by Crippen LogP contribution is 2.35. The van der Waals surface area contributed by atoms with E-state index >= 15 is 0 Å². The summed E-state index contributed by atoms with van der Waals surface area (Å²) in [5.41, 5.74) is -0.503. The number of benzene rings is 2. The van der Waals surface area contributed by atoms with Crippen LogP contribution in [0.1, 0.15) is 15.9 Å². The number of rotatable bonds is 6. The van der Waals surface area contributed by atoms with Gasteiger partial charge in [-0.1, -0.05) is 0 Å². The Labute approximate surface area is 191 Å². The molecule has 0 radical (unpaired) electrons. The van der Waals surface area contributed by atoms with Gasteiger partial charge in [0.05, 0.1) is 18.6 Å². The molecule has 0 spiro atoms. The van der Waals surface area contributed by atoms with E-state index in [0.29, 0.717) is 0 Å². The van der Waals surface area contributed by atoms with Crippen molar-refractivity contribution in [1.82, 2.24) is 0 Å². The summed E-state index contributed by atoms with van der Waals surface area (Å²) in [7, 11) is 0. The minimum Gasteiger partial charge on any atom is -0.508 e. The lowest BCUT2D eigenvalue weighted by atomic mass is 9.99. The van der Waals surface area contributed by atoms with E-state index < -0.39 is 84.4 Å². The lowest BCUT2D eigenvalue weighted by molar-refractivity contribution is -0.292. The normalized spacial score (nSPS) is 24.4. The lowest BCUT2D eigenvalue weighted by Gasteiger charge is -2.39. The van der Waals surface area contributed by atoms with Gasteiger partial charge in [-0.05, 0) is 18.2 Å². The molecule has 0 amide bonds. The number of hydrogen-bond acceptors (Lipinski definition) is 13. The monoisotopic (exact) mass is 482 g/mol. The summed E-state index contributed by atoms with van der Waals surface area (Å²) in [5.74, 6) is -4.89. The third kappa shape index (κ3) is 5.30. The molecule has 0 aromatic heterocycles. The summed E-state index contributed by atoms with van der Waals surface area (Å²) in [6, 6.07) is 4.86. The molecule has 0 aliphatic carbocycles. The summed E-state index contributed by atoms with van der Waals surface area (Å²) in [6.07, 6.45) is -9.16. The van der Waals surface area contributed by atoms with E-state index in [1.54, 1.807) is 0 Å². The van der Waals surface area contributed by atoms with Crippen molar-refractivity contribution < 1.29 is 64.7 Å². The van der Waals surface area contributed by atoms with E-state index in [0.717, 1.165) is 30.3 Å². The van der Waals surface area contributed by atoms with Gasteiger partial charge < -0.3 is 55.1 Å². The molecule has 0 unspecified atom stereocenters. The fourth-order valence-electron chi connectivity index (χ4n) is 3.17. The van der Waals surface area contributed by atoms with Crippen LogP contribution in [-0.4, -0.2) is 90.1 Å². The predicted molar refractivity (Wildman–Crippen MR) is 108 cm³/mol. The minimum atomic E-state index is -1.85. The Kier molecular flexibility index (Phi) is 7.44. The lowest BCUT2D eigenvalue weighted by Crippen LogP contribution is -2.59. The molecule has 1 saturated heterocycles. The second kappa shape index (κ2) is 10.1. The molecule has 1 fully saturated rings. The highest BCUT2D eigenvalue weighted by atomic mass is 16.7. The minimum absolute atomic E-state index is 0.201. The Morgan fingerprint density at radius 2 is 1.59 bits per heavy atom. The summed E-state index contributed by atoms with van der Waals surface area (Å²) in [4.78, 5) is 24.9. The highest BCUT2D eigenvalue weighted by Gasteiger charge is 2.45. The molecule has 0 saturated carbocycles. The van der Waals surface area contributed by atoms with Crippen molar-refractivity contribution in [3.8, 4) is 28.7 Å². The fraction of sp³-hybridized carbons (Fsp3) is 0.333. The molecule has 2 aromatic carbocycles. The van der Waals surface area contributed by atoms with Gasteiger partial charge in [0.2, 0.25) is 6.29 Å². The Morgan fingerprint density at radius 3 is 2.24 bits per heavy atom. The highest BCUT2D eigenvalue weighted by molar-refractivity contribution is 5.92. The van der Waals surface area contributed by atoms with E-state index in [-0.39, 0.29) is 11.1 Å². The van der Waals surface area contributed by atoms with Crippen LogP contribution in [0.4, 0.5) is 0 Å². The van der Waals surface area contributed by atoms with Crippen LogP contribution in [0.25, 0.3) is 0 Å². The molecule has 2 aromatic rings. The summed E-state index contributed by atoms with van der Waals surface area (Å²) in [6.45, 7) is -0.745. The maximum absolute atomic E-state index is 12.4. The number of hydrogen-bond donors (Lipinski definition) is 8. The molecule has 8 N–H and O–H groups in total. The number of aliphatic hydroxyl groups is 4. The van der Waals surface area contributed by atoms with Crippen LogP contribution < -0.4 is 4.74 Å². The van der Waals surface area contributed by atoms with E-state index in [9.17, 15) is 50.4 Å². The number of aliphatic hydroxyl groups excluding tert-OH is 4. The molecule has 1 heterocycles. The van der Waals surface area contributed by atoms with Crippen LogP contribution in [0, 0.1) is 0 Å². The second-order valence-electron chi connectivity index (χ2n) is 7.40. The summed E-state index contributed by atoms with van der Waals surface area (Å²) in [5, 5.41) is 77.6. The average Bonchev–Trinajstić information content (AvgIpc) is 2.78. The van der Waals surface area contributed by atoms with Crippen LogP contribution in [0.15, 0.2) is 30.3 Å². The van der Waals surface area contributed by atoms with Crippen LogP contribution in [-0.2, 0) is 20.7 Å². The van der Waals surface area contributed by atoms with Gasteiger partial charge in [-0.15, -0.1) is 0 Å². The van der Waals surface area contributed by atoms with Gasteiger partial charge in [-0.25, -0.2) is 4.79 Å². The Balaban J connectivity index is 1.78. The largest absolute Gasteiger partial charge is 0.508 e. The predicted octanol–water partition coefficient (Wildman–Crippen LogP) is -1.39. The number of phenols is 4. The standard InChI is InChI=1S/C21H22O13/c22-7-15-17(28)18(29)19(30)21(33-15)34-16(27)6-10-12(25)4-9(23)5-14(10)32-20(31)8-1-2-11(24)13(26)3-8/h1-5,15,17-19,21-26,28-30H,6-7H2/t15-,17-,18+,19-,21+/m1/s1. The molecule has 13 heteroatoms. The van der Waals surface area contributed by atoms with Crippen LogP contribution in [0.2, 0.25) is 0 Å². The first-order valence-electron chi connectivity index (χ1n) is 9.80. The van der Waals surface area contributed by atoms with Crippen LogP contribution in [0.3, 0.4) is 0 Å². The van der Waals surface area contributed by atoms with Crippen molar-refractivity contribution in [3.05, 3.63) is 41.5 Å². The number of aromatic hydroxyl groups is 4. The number of carbonyl (C=O) groups is 2. The Morgan fingerprint density at radius 1 is 0.882 bits per heavy atom. The van der Waals surface area contributed by atoms with E-state index in [4.69, 9.17) is 14.2 Å². The first-order valence-corrected chi connectivity index (χ1v) is 9.80. The quantitative estimate of drug-likeness (QED) is 0.135. The maximum Gasteiger partial charge on any atom is 0.343 e. The molecular formula is C21H22O13. The van der Waals surface area contributed by atoms with E-state index in [2.05, 4.69) is 0 Å². The summed E-state index contributed by atoms with van der Waals surface area (Å²) >= 11 is 0. The van der Waals surface area contributed by atoms with Crippen molar-refractivity contribution in [2.45, 2.75) is 37.1 Å². The Hall–Kier alpha value is -3.62. The zero-order valence-electron chi connectivity index (χ0n) is 17.3. The molecule has 1 aliphatic heterocycles. The Bertz CT molecular complexity index is 1070. The number of ether oxygens (including phenoxy) is 3. The van der Waals surface area contributed by atoms with Gasteiger partial charge in [0, 0.05) is 17.7 Å². The van der Waals surface area contributed by atoms with Gasteiger partial charge in [-0.3, -0.25) is 4.79 Å². The molecule has 0 bridgehead atoms. The molecule has 1 aliphatic rings. The van der Waals surface area contributed by atoms with Crippen LogP contribution >= 0.6 is 0 Å². The number of carbonyl (C=O) groups excluding carboxylic acids is 2. The van der Waals surface area contributed by atoms with Crippen molar-refractivity contribution in [2.75, 3.05) is 6.61 Å². The number of esters is 2. The van der Waals surface area contributed by atoms with Gasteiger partial charge >= 0.3 is 11.9 Å². The molecule has 3 rings (SSSR count). The van der Waals surface area contributed by atoms with Gasteiger partial charge in [-0.2, -0.15) is 0 Å². The van der Waals surface area contributed by atoms with E-state index in [1.165, 1.54) is 0 Å². The van der Waals surface area contributed by atoms with Crippen LogP contribution in [0.5, 0.6) is 28.7 Å². The summed E-state index contributed by atoms with van der Waals surface area (Å²) < 4.78 is 15.1. The van der Waals surface area contributed by atoms with Crippen molar-refractivity contribution in [2.24, 2.45) is 0 Å². The topological polar surface area (TPSA) is 224 Å². The smallest absolute Gasteiger partial charge is 0.343 e. The molecular weight excluding hydrogens is 460 g/mol. The molecule has 34 heavy (non-hydrogen) atoms. The molecule has 13 nitrogen and oxygen atoms in total. The maximum atomic E-state index is 12.4. The first-order chi connectivity index (χ1) is 16.0. The SMILES string of the molecule is O=C(Cc1c(O)cc(O)cc1OC(=O)c1ccc(O)c(O)c1)O[C@@H]1O[C@H](CO)[C@@H](O)[C@H](O)[C@H]1O. The molecule has 5 atom stereocenters. The second-order valence-corrected chi connectivity index (χ2v) is 7.40. The zero-order valence-corrected chi connectivity index (χ0v) is 17.3. The fourth-order valence-corrected chi connectivity index (χ4v) is 3.17. The van der Waals surface area contributed by atoms with E-state index in [1.807, 2.05) is 0 Å². The third-order valence-corrected chi connectivity index (χ3v) is 5.00.